The van der Waals surface area contributed by atoms with E-state index in [1.54, 1.807) is 0 Å². The topological polar surface area (TPSA) is 167 Å². The number of aryl methyl sites for hydroxylation is 1. The highest BCUT2D eigenvalue weighted by Gasteiger charge is 2.51. The van der Waals surface area contributed by atoms with E-state index >= 15 is 0 Å². The number of nitro benzene ring substituents is 2. The number of nitrogens with one attached hydrogen (secondary N) is 1. The van der Waals surface area contributed by atoms with Crippen LogP contribution in [0.5, 0.6) is 0 Å². The molecular weight excluding hydrogens is 726 g/mol. The number of hydrogen-bond acceptors (Lipinski definition) is 8. The van der Waals surface area contributed by atoms with E-state index in [1.807, 2.05) is 0 Å². The summed E-state index contributed by atoms with van der Waals surface area (Å²) in [5.74, 6) is -0.727. The molecule has 41 heteroatoms. The molecule has 30 radical (unpaired) electrons. The van der Waals surface area contributed by atoms with Gasteiger partial charge in [-0.05, 0) is 18.6 Å². The zero-order valence-corrected chi connectivity index (χ0v) is 32.0. The molecule has 0 amide bonds. The van der Waals surface area contributed by atoms with Gasteiger partial charge in [-0.25, -0.2) is 9.59 Å². The third-order valence-corrected chi connectivity index (χ3v) is 9.59. The first kappa shape index (κ1) is 52.0. The second-order valence-corrected chi connectivity index (χ2v) is 13.8. The monoisotopic (exact) mass is 744 g/mol. The molecule has 2 heterocycles. The van der Waals surface area contributed by atoms with Crippen LogP contribution in [0.25, 0.3) is 22.2 Å². The van der Waals surface area contributed by atoms with Gasteiger partial charge in [-0.1, -0.05) is 0 Å². The van der Waals surface area contributed by atoms with E-state index in [1.165, 1.54) is 41.0 Å². The minimum Gasteiger partial charge on any atom is -0.408 e. The van der Waals surface area contributed by atoms with E-state index in [9.17, 15) is 29.8 Å². The molecule has 2 aromatic heterocycles. The van der Waals surface area contributed by atoms with Gasteiger partial charge in [0, 0.05) is 236 Å². The number of H-pyrrole nitrogens is 1. The number of alkyl halides is 1. The molecule has 0 aliphatic heterocycles. The lowest BCUT2D eigenvalue weighted by Crippen LogP contribution is -2.87. The van der Waals surface area contributed by atoms with Gasteiger partial charge in [-0.2, -0.15) is 0 Å². The number of aromatic amines is 1. The summed E-state index contributed by atoms with van der Waals surface area (Å²) in [4.78, 5) is 44.4. The van der Waals surface area contributed by atoms with E-state index in [2.05, 4.69) is 9.40 Å². The number of aromatic nitrogens is 2. The Labute approximate surface area is 367 Å². The Morgan fingerprint density at radius 3 is 1.45 bits per heavy atom. The number of oxazole rings is 2. The summed E-state index contributed by atoms with van der Waals surface area (Å²) in [6, 6.07) is 7.96. The smallest absolute Gasteiger partial charge is 0.408 e. The Bertz CT molecular complexity index is 2000. The number of rotatable bonds is 17. The molecule has 12 nitrogen and oxygen atoms in total. The molecule has 0 saturated heterocycles. The Hall–Kier alpha value is -2.11. The Balaban J connectivity index is 0.000000325. The molecule has 240 valence electrons. The van der Waals surface area contributed by atoms with Crippen molar-refractivity contribution in [2.45, 2.75) is 13.0 Å². The number of halogens is 1. The van der Waals surface area contributed by atoms with Crippen molar-refractivity contribution in [1.82, 2.24) is 9.55 Å². The molecule has 0 atom stereocenters. The van der Waals surface area contributed by atoms with Crippen molar-refractivity contribution in [3.8, 4) is 0 Å². The van der Waals surface area contributed by atoms with Crippen molar-refractivity contribution in [2.24, 2.45) is 0 Å². The van der Waals surface area contributed by atoms with E-state index < -0.39 is 104 Å². The van der Waals surface area contributed by atoms with Crippen LogP contribution >= 0.6 is 11.6 Å². The van der Waals surface area contributed by atoms with Crippen LogP contribution in [0.4, 0.5) is 11.4 Å². The number of benzene rings is 2. The summed E-state index contributed by atoms with van der Waals surface area (Å²) in [6.45, 7) is 0.385. The van der Waals surface area contributed by atoms with Crippen molar-refractivity contribution < 1.29 is 18.7 Å². The standard InChI is InChI=1S/C10H9ClN2O4.C7H4N2O4.B28/c11-4-1-5-12-8-6-7(13(15)16)2-3-9(8)17-10(12)14;10-7-8-5-3-4(9(11)12)1-2-6(5)13-7;1-16(2)23(15)27(24(17(3)4)18(5)6)28(25(19(7)8)20(9)10)26(21(11)12)22(13)14/h2-3,6H,1,4-5H2;1-3H,(H,8,10);. The maximum atomic E-state index is 11.5. The lowest BCUT2D eigenvalue weighted by molar-refractivity contribution is -0.384. The van der Waals surface area contributed by atoms with Crippen LogP contribution in [-0.2, 0) is 6.54 Å². The minimum atomic E-state index is -1.03. The van der Waals surface area contributed by atoms with Gasteiger partial charge in [0.1, 0.15) is 0 Å². The fourth-order valence-electron chi connectivity index (χ4n) is 6.75. The SMILES string of the molecule is O=c1[nH]c2cc([N+](=O)[O-])ccc2o1.O=c1oc2ccc([N+](=O)[O-])cc2n1CCCCl.[B]B([B])B([B])B(B(B([B])[B])B([B])[B])B(B(B([B])[B])B([B])[B])B(B([B])[B])B([B])[B]. The molecule has 4 aromatic rings. The first-order chi connectivity index (χ1) is 27.0. The molecule has 0 saturated carbocycles. The van der Waals surface area contributed by atoms with Crippen LogP contribution in [0.1, 0.15) is 6.42 Å². The largest absolute Gasteiger partial charge is 0.419 e. The Kier molecular flexibility index (Phi) is 21.3. The van der Waals surface area contributed by atoms with Gasteiger partial charge in [0.2, 0.25) is 0 Å². The average Bonchev–Trinajstić information content (AvgIpc) is 3.64. The van der Waals surface area contributed by atoms with Crippen molar-refractivity contribution in [3.05, 3.63) is 77.7 Å². The van der Waals surface area contributed by atoms with Gasteiger partial charge in [0.15, 0.2) is 11.2 Å². The van der Waals surface area contributed by atoms with Crippen LogP contribution in [0.2, 0.25) is 0 Å². The zero-order chi connectivity index (χ0) is 44.3. The quantitative estimate of drug-likeness (QED) is 0.0483. The molecule has 58 heavy (non-hydrogen) atoms. The van der Waals surface area contributed by atoms with Gasteiger partial charge in [-0.15, -0.1) is 11.6 Å². The Morgan fingerprint density at radius 2 is 1.03 bits per heavy atom. The first-order valence-corrected chi connectivity index (χ1v) is 17.9. The highest BCUT2D eigenvalue weighted by molar-refractivity contribution is 8.26. The molecule has 0 aliphatic rings. The van der Waals surface area contributed by atoms with Crippen LogP contribution in [0.3, 0.4) is 0 Å². The van der Waals surface area contributed by atoms with Crippen molar-refractivity contribution in [3.63, 3.8) is 0 Å². The zero-order valence-electron chi connectivity index (χ0n) is 31.2. The number of non-ortho nitro benzene ring substituents is 2. The summed E-state index contributed by atoms with van der Waals surface area (Å²) >= 11 is 5.55. The van der Waals surface area contributed by atoms with Crippen molar-refractivity contribution in [1.29, 1.82) is 0 Å². The molecule has 2 aromatic carbocycles. The molecule has 0 aliphatic carbocycles. The van der Waals surface area contributed by atoms with Gasteiger partial charge in [-0.3, -0.25) is 29.8 Å². The summed E-state index contributed by atoms with van der Waals surface area (Å²) in [5.41, 5.74) is 1.27. The maximum absolute atomic E-state index is 11.5. The molecule has 0 unspecified atom stereocenters. The van der Waals surface area contributed by atoms with Gasteiger partial charge in [0.05, 0.1) is 20.9 Å². The fraction of sp³-hybridized carbons (Fsp3) is 0.176. The minimum absolute atomic E-state index is 0.0714. The van der Waals surface area contributed by atoms with Gasteiger partial charge >= 0.3 is 11.5 Å². The fourth-order valence-corrected chi connectivity index (χ4v) is 6.87. The van der Waals surface area contributed by atoms with Crippen LogP contribution in [-0.4, -0.2) is 224 Å². The van der Waals surface area contributed by atoms with Crippen LogP contribution < -0.4 is 11.5 Å². The number of fused-ring (bicyclic) bond motifs is 2. The summed E-state index contributed by atoms with van der Waals surface area (Å²) in [5, 5.41) is 21.0. The Morgan fingerprint density at radius 1 is 0.603 bits per heavy atom. The maximum Gasteiger partial charge on any atom is 0.419 e. The molecule has 0 fully saturated rings. The highest BCUT2D eigenvalue weighted by atomic mass is 35.5. The molecule has 1 N–H and O–H groups in total. The lowest BCUT2D eigenvalue weighted by atomic mass is 8.32. The van der Waals surface area contributed by atoms with E-state index in [4.69, 9.17) is 132 Å². The number of nitro groups is 2. The molecule has 0 spiro atoms. The van der Waals surface area contributed by atoms with E-state index in [-0.39, 0.29) is 11.4 Å². The first-order valence-electron chi connectivity index (χ1n) is 17.4. The van der Waals surface area contributed by atoms with Gasteiger partial charge in [0.25, 0.3) is 11.4 Å². The third kappa shape index (κ3) is 14.0. The summed E-state index contributed by atoms with van der Waals surface area (Å²) < 4.78 is 11.0. The average molecular weight is 740 g/mol. The predicted octanol–water partition coefficient (Wildman–Crippen LogP) is -7.50. The third-order valence-electron chi connectivity index (χ3n) is 9.32. The second kappa shape index (κ2) is 23.8. The molecular formula is C17H13B28ClN4O8. The summed E-state index contributed by atoms with van der Waals surface area (Å²) in [6.07, 6.45) is -11.7. The lowest BCUT2D eigenvalue weighted by Gasteiger charge is -2.49. The highest BCUT2D eigenvalue weighted by Crippen LogP contribution is 2.21. The van der Waals surface area contributed by atoms with E-state index in [0.717, 1.165) is 0 Å². The molecule has 4 rings (SSSR count). The van der Waals surface area contributed by atoms with Crippen molar-refractivity contribution >= 4 is 244 Å². The summed E-state index contributed by atoms with van der Waals surface area (Å²) in [7, 11) is 89.6. The predicted molar refractivity (Wildman–Crippen MR) is 267 cm³/mol. The van der Waals surface area contributed by atoms with E-state index in [0.29, 0.717) is 41.0 Å². The van der Waals surface area contributed by atoms with Crippen molar-refractivity contribution in [2.75, 3.05) is 5.88 Å². The number of hydrogen-bond donors (Lipinski definition) is 1. The normalized spacial score (nSPS) is 10.1. The van der Waals surface area contributed by atoms with Gasteiger partial charge < -0.3 is 8.83 Å². The second-order valence-electron chi connectivity index (χ2n) is 13.4. The van der Waals surface area contributed by atoms with Crippen LogP contribution in [0, 0.1) is 20.2 Å². The molecule has 0 bridgehead atoms. The van der Waals surface area contributed by atoms with Crippen LogP contribution in [0.15, 0.2) is 54.8 Å². The number of nitrogens with zero attached hydrogens (tertiary/aromatic N) is 3.